The van der Waals surface area contributed by atoms with Crippen LogP contribution in [0.1, 0.15) is 35.0 Å². The highest BCUT2D eigenvalue weighted by Crippen LogP contribution is 2.07. The van der Waals surface area contributed by atoms with Gasteiger partial charge in [0.1, 0.15) is 6.04 Å². The normalized spacial score (nSPS) is 11.7. The summed E-state index contributed by atoms with van der Waals surface area (Å²) >= 11 is 0. The molecule has 1 aromatic heterocycles. The van der Waals surface area contributed by atoms with Gasteiger partial charge in [-0.25, -0.2) is 4.79 Å². The number of carboxylic acids is 1. The molecular formula is C11H14N2O5. The Balaban J connectivity index is 2.64. The molecule has 1 unspecified atom stereocenters. The van der Waals surface area contributed by atoms with E-state index in [0.717, 1.165) is 0 Å². The maximum atomic E-state index is 11.6. The molecule has 0 aliphatic rings. The van der Waals surface area contributed by atoms with E-state index in [4.69, 9.17) is 9.52 Å². The minimum Gasteiger partial charge on any atom is -0.475 e. The van der Waals surface area contributed by atoms with E-state index >= 15 is 0 Å². The molecule has 3 N–H and O–H groups in total. The molecule has 98 valence electrons. The van der Waals surface area contributed by atoms with E-state index in [1.165, 1.54) is 19.1 Å². The zero-order valence-electron chi connectivity index (χ0n) is 10.0. The third-order valence-electron chi connectivity index (χ3n) is 2.13. The van der Waals surface area contributed by atoms with Crippen LogP contribution in [0.5, 0.6) is 0 Å². The molecule has 0 fully saturated rings. The van der Waals surface area contributed by atoms with Crippen molar-refractivity contribution in [1.82, 2.24) is 10.6 Å². The first-order chi connectivity index (χ1) is 8.45. The molecule has 18 heavy (non-hydrogen) atoms. The van der Waals surface area contributed by atoms with Crippen LogP contribution in [0.25, 0.3) is 0 Å². The van der Waals surface area contributed by atoms with Crippen molar-refractivity contribution in [2.24, 2.45) is 0 Å². The van der Waals surface area contributed by atoms with Gasteiger partial charge in [-0.05, 0) is 26.0 Å². The Morgan fingerprint density at radius 1 is 1.33 bits per heavy atom. The van der Waals surface area contributed by atoms with Crippen molar-refractivity contribution in [2.75, 3.05) is 6.54 Å². The van der Waals surface area contributed by atoms with Gasteiger partial charge in [-0.3, -0.25) is 9.59 Å². The van der Waals surface area contributed by atoms with Crippen molar-refractivity contribution in [1.29, 1.82) is 0 Å². The maximum Gasteiger partial charge on any atom is 0.371 e. The lowest BCUT2D eigenvalue weighted by molar-refractivity contribution is -0.122. The molecule has 0 radical (unpaired) electrons. The fourth-order valence-corrected chi connectivity index (χ4v) is 1.24. The Morgan fingerprint density at radius 2 is 1.94 bits per heavy atom. The molecule has 0 aromatic carbocycles. The number of amides is 2. The second kappa shape index (κ2) is 5.85. The number of hydrogen-bond donors (Lipinski definition) is 3. The van der Waals surface area contributed by atoms with Crippen LogP contribution in [0.2, 0.25) is 0 Å². The Morgan fingerprint density at radius 3 is 2.44 bits per heavy atom. The average molecular weight is 254 g/mol. The summed E-state index contributed by atoms with van der Waals surface area (Å²) in [5.74, 6) is -2.70. The van der Waals surface area contributed by atoms with Gasteiger partial charge in [-0.1, -0.05) is 0 Å². The van der Waals surface area contributed by atoms with Crippen LogP contribution in [0.15, 0.2) is 16.5 Å². The van der Waals surface area contributed by atoms with Gasteiger partial charge in [0.15, 0.2) is 5.76 Å². The van der Waals surface area contributed by atoms with Gasteiger partial charge >= 0.3 is 5.97 Å². The summed E-state index contributed by atoms with van der Waals surface area (Å²) in [6, 6.07) is 1.69. The molecule has 2 amide bonds. The second-order valence-corrected chi connectivity index (χ2v) is 3.56. The topological polar surface area (TPSA) is 109 Å². The lowest BCUT2D eigenvalue weighted by atomic mass is 10.3. The van der Waals surface area contributed by atoms with Gasteiger partial charge in [-0.15, -0.1) is 0 Å². The lowest BCUT2D eigenvalue weighted by Gasteiger charge is -2.11. The van der Waals surface area contributed by atoms with E-state index in [9.17, 15) is 14.4 Å². The molecule has 1 rings (SSSR count). The van der Waals surface area contributed by atoms with Crippen molar-refractivity contribution in [3.8, 4) is 0 Å². The van der Waals surface area contributed by atoms with Gasteiger partial charge in [0, 0.05) is 6.54 Å². The summed E-state index contributed by atoms with van der Waals surface area (Å²) in [5.41, 5.74) is 0. The Labute approximate surface area is 103 Å². The molecule has 0 spiro atoms. The summed E-state index contributed by atoms with van der Waals surface area (Å²) < 4.78 is 4.80. The fraction of sp³-hybridized carbons (Fsp3) is 0.364. The highest BCUT2D eigenvalue weighted by molar-refractivity contribution is 5.96. The fourth-order valence-electron chi connectivity index (χ4n) is 1.24. The van der Waals surface area contributed by atoms with E-state index < -0.39 is 17.9 Å². The standard InChI is InChI=1S/C11H14N2O5/c1-3-12-9(14)6(2)13-10(15)7-4-5-8(18-7)11(16)17/h4-6H,3H2,1-2H3,(H,12,14)(H,13,15)(H,16,17). The third-order valence-corrected chi connectivity index (χ3v) is 2.13. The summed E-state index contributed by atoms with van der Waals surface area (Å²) in [5, 5.41) is 13.6. The number of likely N-dealkylation sites (N-methyl/N-ethyl adjacent to an activating group) is 1. The second-order valence-electron chi connectivity index (χ2n) is 3.56. The average Bonchev–Trinajstić information content (AvgIpc) is 2.78. The summed E-state index contributed by atoms with van der Waals surface area (Å²) in [6.07, 6.45) is 0. The van der Waals surface area contributed by atoms with Crippen molar-refractivity contribution < 1.29 is 23.9 Å². The Kier molecular flexibility index (Phi) is 4.47. The van der Waals surface area contributed by atoms with E-state index in [0.29, 0.717) is 6.54 Å². The Bertz CT molecular complexity index is 466. The van der Waals surface area contributed by atoms with Crippen LogP contribution >= 0.6 is 0 Å². The van der Waals surface area contributed by atoms with Gasteiger partial charge in [0.25, 0.3) is 5.91 Å². The van der Waals surface area contributed by atoms with Crippen molar-refractivity contribution in [3.05, 3.63) is 23.7 Å². The number of aromatic carboxylic acids is 1. The molecular weight excluding hydrogens is 240 g/mol. The number of rotatable bonds is 5. The van der Waals surface area contributed by atoms with Gasteiger partial charge in [-0.2, -0.15) is 0 Å². The number of carbonyl (C=O) groups excluding carboxylic acids is 2. The molecule has 0 saturated carbocycles. The Hall–Kier alpha value is -2.31. The third kappa shape index (κ3) is 3.34. The van der Waals surface area contributed by atoms with E-state index in [1.54, 1.807) is 6.92 Å². The van der Waals surface area contributed by atoms with Crippen LogP contribution < -0.4 is 10.6 Å². The molecule has 1 heterocycles. The van der Waals surface area contributed by atoms with E-state index in [1.807, 2.05) is 0 Å². The molecule has 0 aliphatic carbocycles. The monoisotopic (exact) mass is 254 g/mol. The number of nitrogens with one attached hydrogen (secondary N) is 2. The number of furan rings is 1. The zero-order valence-corrected chi connectivity index (χ0v) is 10.0. The summed E-state index contributed by atoms with van der Waals surface area (Å²) in [7, 11) is 0. The van der Waals surface area contributed by atoms with Crippen LogP contribution in [0.3, 0.4) is 0 Å². The number of carbonyl (C=O) groups is 3. The highest BCUT2D eigenvalue weighted by Gasteiger charge is 2.19. The maximum absolute atomic E-state index is 11.6. The first kappa shape index (κ1) is 13.8. The minimum atomic E-state index is -1.26. The summed E-state index contributed by atoms with van der Waals surface area (Å²) in [6.45, 7) is 3.74. The van der Waals surface area contributed by atoms with E-state index in [-0.39, 0.29) is 17.4 Å². The number of hydrogen-bond acceptors (Lipinski definition) is 4. The van der Waals surface area contributed by atoms with Gasteiger partial charge in [0.2, 0.25) is 11.7 Å². The molecule has 1 atom stereocenters. The minimum absolute atomic E-state index is 0.149. The SMILES string of the molecule is CCNC(=O)C(C)NC(=O)c1ccc(C(=O)O)o1. The van der Waals surface area contributed by atoms with Crippen LogP contribution in [0, 0.1) is 0 Å². The smallest absolute Gasteiger partial charge is 0.371 e. The molecule has 0 bridgehead atoms. The predicted octanol–water partition coefficient (Wildman–Crippen LogP) is 0.232. The van der Waals surface area contributed by atoms with Crippen LogP contribution in [-0.4, -0.2) is 35.5 Å². The van der Waals surface area contributed by atoms with Crippen LogP contribution in [-0.2, 0) is 4.79 Å². The van der Waals surface area contributed by atoms with E-state index in [2.05, 4.69) is 10.6 Å². The molecule has 0 aliphatic heterocycles. The molecule has 7 heteroatoms. The van der Waals surface area contributed by atoms with Crippen LogP contribution in [0.4, 0.5) is 0 Å². The molecule has 1 aromatic rings. The highest BCUT2D eigenvalue weighted by atomic mass is 16.4. The van der Waals surface area contributed by atoms with Gasteiger partial charge in [0.05, 0.1) is 0 Å². The quantitative estimate of drug-likeness (QED) is 0.697. The molecule has 7 nitrogen and oxygen atoms in total. The first-order valence-electron chi connectivity index (χ1n) is 5.37. The summed E-state index contributed by atoms with van der Waals surface area (Å²) in [4.78, 5) is 33.6. The largest absolute Gasteiger partial charge is 0.475 e. The molecule has 0 saturated heterocycles. The zero-order chi connectivity index (χ0) is 13.7. The van der Waals surface area contributed by atoms with Gasteiger partial charge < -0.3 is 20.2 Å². The predicted molar refractivity (Wildman–Crippen MR) is 61.3 cm³/mol. The first-order valence-corrected chi connectivity index (χ1v) is 5.37. The lowest BCUT2D eigenvalue weighted by Crippen LogP contribution is -2.44. The van der Waals surface area contributed by atoms with Crippen molar-refractivity contribution >= 4 is 17.8 Å². The van der Waals surface area contributed by atoms with Crippen molar-refractivity contribution in [3.63, 3.8) is 0 Å². The van der Waals surface area contributed by atoms with Crippen molar-refractivity contribution in [2.45, 2.75) is 19.9 Å². The number of carboxylic acid groups (broad SMARTS) is 1.